The van der Waals surface area contributed by atoms with Crippen molar-refractivity contribution in [3.8, 4) is 0 Å². The van der Waals surface area contributed by atoms with Gasteiger partial charge >= 0.3 is 5.97 Å². The summed E-state index contributed by atoms with van der Waals surface area (Å²) >= 11 is 0. The highest BCUT2D eigenvalue weighted by Crippen LogP contribution is 2.29. The monoisotopic (exact) mass is 348 g/mol. The summed E-state index contributed by atoms with van der Waals surface area (Å²) in [4.78, 5) is 30.0. The number of hydrogen-bond donors (Lipinski definition) is 1. The van der Waals surface area contributed by atoms with Crippen LogP contribution in [0.3, 0.4) is 0 Å². The lowest BCUT2D eigenvalue weighted by Crippen LogP contribution is -2.36. The fraction of sp³-hybridized carbons (Fsp3) is 0.238. The molecule has 0 aliphatic carbocycles. The Morgan fingerprint density at radius 2 is 2.00 bits per heavy atom. The van der Waals surface area contributed by atoms with Gasteiger partial charge in [-0.05, 0) is 42.7 Å². The fourth-order valence-electron chi connectivity index (χ4n) is 3.49. The van der Waals surface area contributed by atoms with Gasteiger partial charge in [-0.15, -0.1) is 0 Å². The molecule has 0 unspecified atom stereocenters. The predicted octanol–water partition coefficient (Wildman–Crippen LogP) is 3.54. The van der Waals surface area contributed by atoms with Crippen LogP contribution < -0.4 is 0 Å². The number of nitrogens with zero attached hydrogens (tertiary/aromatic N) is 1. The lowest BCUT2D eigenvalue weighted by molar-refractivity contribution is 0.0526. The molecule has 0 radical (unpaired) electrons. The van der Waals surface area contributed by atoms with Crippen molar-refractivity contribution in [2.24, 2.45) is 0 Å². The van der Waals surface area contributed by atoms with Crippen molar-refractivity contribution >= 4 is 22.8 Å². The zero-order chi connectivity index (χ0) is 18.1. The highest BCUT2D eigenvalue weighted by molar-refractivity contribution is 6.04. The Hall–Kier alpha value is -3.08. The van der Waals surface area contributed by atoms with Gasteiger partial charge < -0.3 is 14.6 Å². The number of amides is 1. The van der Waals surface area contributed by atoms with E-state index in [1.165, 1.54) is 0 Å². The van der Waals surface area contributed by atoms with Crippen LogP contribution in [0.15, 0.2) is 48.5 Å². The molecule has 0 saturated heterocycles. The minimum Gasteiger partial charge on any atom is -0.462 e. The van der Waals surface area contributed by atoms with Gasteiger partial charge in [0.05, 0.1) is 12.2 Å². The summed E-state index contributed by atoms with van der Waals surface area (Å²) in [6.07, 6.45) is 0.764. The lowest BCUT2D eigenvalue weighted by Gasteiger charge is -2.27. The molecule has 1 amide bonds. The van der Waals surface area contributed by atoms with Gasteiger partial charge in [-0.2, -0.15) is 0 Å². The molecule has 3 aromatic rings. The molecular weight excluding hydrogens is 328 g/mol. The van der Waals surface area contributed by atoms with E-state index < -0.39 is 0 Å². The molecule has 132 valence electrons. The standard InChI is InChI=1S/C21H20N2O3/c1-2-26-21(25)15-8-9-18-17(12-15)16-10-11-23(20(24)19(16)22-18)13-14-6-4-3-5-7-14/h3-9,12,22H,2,10-11,13H2,1H3. The van der Waals surface area contributed by atoms with Gasteiger partial charge in [-0.3, -0.25) is 4.79 Å². The number of aromatic nitrogens is 1. The average Bonchev–Trinajstić information content (AvgIpc) is 3.04. The number of aromatic amines is 1. The third kappa shape index (κ3) is 2.86. The first kappa shape index (κ1) is 16.4. The van der Waals surface area contributed by atoms with Gasteiger partial charge in [-0.1, -0.05) is 30.3 Å². The van der Waals surface area contributed by atoms with Crippen LogP contribution in [0.1, 0.15) is 38.9 Å². The Balaban J connectivity index is 1.65. The van der Waals surface area contributed by atoms with Crippen LogP contribution in [-0.2, 0) is 17.7 Å². The van der Waals surface area contributed by atoms with Gasteiger partial charge in [-0.25, -0.2) is 4.79 Å². The van der Waals surface area contributed by atoms with Crippen molar-refractivity contribution in [3.05, 3.63) is 70.9 Å². The summed E-state index contributed by atoms with van der Waals surface area (Å²) < 4.78 is 5.08. The fourth-order valence-corrected chi connectivity index (χ4v) is 3.49. The number of carbonyl (C=O) groups excluding carboxylic acids is 2. The molecule has 2 aromatic carbocycles. The molecule has 1 aliphatic rings. The minimum absolute atomic E-state index is 0.00369. The molecule has 0 atom stereocenters. The van der Waals surface area contributed by atoms with E-state index in [0.29, 0.717) is 31.0 Å². The molecule has 0 bridgehead atoms. The topological polar surface area (TPSA) is 62.4 Å². The van der Waals surface area contributed by atoms with E-state index >= 15 is 0 Å². The second-order valence-electron chi connectivity index (χ2n) is 6.42. The first-order valence-corrected chi connectivity index (χ1v) is 8.82. The zero-order valence-electron chi connectivity index (χ0n) is 14.6. The summed E-state index contributed by atoms with van der Waals surface area (Å²) in [5.74, 6) is -0.332. The molecule has 1 N–H and O–H groups in total. The van der Waals surface area contributed by atoms with Gasteiger partial charge in [0.1, 0.15) is 5.69 Å². The third-order valence-corrected chi connectivity index (χ3v) is 4.77. The van der Waals surface area contributed by atoms with Crippen LogP contribution in [0.4, 0.5) is 0 Å². The maximum Gasteiger partial charge on any atom is 0.338 e. The Labute approximate surface area is 151 Å². The van der Waals surface area contributed by atoms with E-state index in [9.17, 15) is 9.59 Å². The minimum atomic E-state index is -0.336. The highest BCUT2D eigenvalue weighted by atomic mass is 16.5. The Morgan fingerprint density at radius 1 is 1.19 bits per heavy atom. The van der Waals surface area contributed by atoms with Crippen LogP contribution in [0.25, 0.3) is 10.9 Å². The number of fused-ring (bicyclic) bond motifs is 3. The summed E-state index contributed by atoms with van der Waals surface area (Å²) in [6.45, 7) is 3.39. The van der Waals surface area contributed by atoms with Crippen LogP contribution in [0, 0.1) is 0 Å². The number of rotatable bonds is 4. The van der Waals surface area contributed by atoms with Gasteiger partial charge in [0.2, 0.25) is 0 Å². The molecule has 2 heterocycles. The number of ether oxygens (including phenoxy) is 1. The van der Waals surface area contributed by atoms with E-state index in [1.807, 2.05) is 47.4 Å². The molecule has 1 aliphatic heterocycles. The number of carbonyl (C=O) groups is 2. The van der Waals surface area contributed by atoms with Gasteiger partial charge in [0.15, 0.2) is 0 Å². The first-order chi connectivity index (χ1) is 12.7. The molecular formula is C21H20N2O3. The predicted molar refractivity (Wildman–Crippen MR) is 99.1 cm³/mol. The summed E-state index contributed by atoms with van der Waals surface area (Å²) in [5, 5.41) is 0.929. The summed E-state index contributed by atoms with van der Waals surface area (Å²) in [5.41, 5.74) is 4.12. The Morgan fingerprint density at radius 3 is 2.77 bits per heavy atom. The van der Waals surface area contributed by atoms with Crippen LogP contribution in [-0.4, -0.2) is 34.9 Å². The summed E-state index contributed by atoms with van der Waals surface area (Å²) in [7, 11) is 0. The van der Waals surface area contributed by atoms with Crippen LogP contribution in [0.2, 0.25) is 0 Å². The average molecular weight is 348 g/mol. The second kappa shape index (κ2) is 6.67. The van der Waals surface area contributed by atoms with E-state index in [1.54, 1.807) is 13.0 Å². The number of hydrogen-bond acceptors (Lipinski definition) is 3. The number of H-pyrrole nitrogens is 1. The van der Waals surface area contributed by atoms with Crippen LogP contribution in [0.5, 0.6) is 0 Å². The van der Waals surface area contributed by atoms with E-state index in [2.05, 4.69) is 4.98 Å². The molecule has 0 saturated carbocycles. The quantitative estimate of drug-likeness (QED) is 0.734. The van der Waals surface area contributed by atoms with Crippen LogP contribution >= 0.6 is 0 Å². The maximum absolute atomic E-state index is 12.9. The molecule has 0 fully saturated rings. The van der Waals surface area contributed by atoms with Gasteiger partial charge in [0, 0.05) is 24.0 Å². The summed E-state index contributed by atoms with van der Waals surface area (Å²) in [6, 6.07) is 15.4. The van der Waals surface area contributed by atoms with E-state index in [-0.39, 0.29) is 11.9 Å². The Bertz CT molecular complexity index is 976. The van der Waals surface area contributed by atoms with Gasteiger partial charge in [0.25, 0.3) is 5.91 Å². The van der Waals surface area contributed by atoms with Crippen molar-refractivity contribution in [1.82, 2.24) is 9.88 Å². The normalized spacial score (nSPS) is 13.7. The number of benzene rings is 2. The van der Waals surface area contributed by atoms with Crippen molar-refractivity contribution < 1.29 is 14.3 Å². The van der Waals surface area contributed by atoms with E-state index in [0.717, 1.165) is 28.5 Å². The zero-order valence-corrected chi connectivity index (χ0v) is 14.6. The van der Waals surface area contributed by atoms with E-state index in [4.69, 9.17) is 4.74 Å². The second-order valence-corrected chi connectivity index (χ2v) is 6.42. The lowest BCUT2D eigenvalue weighted by atomic mass is 10.0. The Kier molecular flexibility index (Phi) is 4.21. The third-order valence-electron chi connectivity index (χ3n) is 4.77. The smallest absolute Gasteiger partial charge is 0.338 e. The highest BCUT2D eigenvalue weighted by Gasteiger charge is 2.28. The number of esters is 1. The van der Waals surface area contributed by atoms with Crippen molar-refractivity contribution in [3.63, 3.8) is 0 Å². The first-order valence-electron chi connectivity index (χ1n) is 8.82. The largest absolute Gasteiger partial charge is 0.462 e. The molecule has 5 heteroatoms. The molecule has 0 spiro atoms. The maximum atomic E-state index is 12.9. The molecule has 1 aromatic heterocycles. The van der Waals surface area contributed by atoms with Crippen molar-refractivity contribution in [1.29, 1.82) is 0 Å². The van der Waals surface area contributed by atoms with Crippen molar-refractivity contribution in [2.45, 2.75) is 19.9 Å². The number of nitrogens with one attached hydrogen (secondary N) is 1. The molecule has 5 nitrogen and oxygen atoms in total. The molecule has 4 rings (SSSR count). The van der Waals surface area contributed by atoms with Crippen molar-refractivity contribution in [2.75, 3.05) is 13.2 Å². The SMILES string of the molecule is CCOC(=O)c1ccc2[nH]c3c(c2c1)CCN(Cc1ccccc1)C3=O. The molecule has 26 heavy (non-hydrogen) atoms.